The number of rotatable bonds is 3. The number of allylic oxidation sites excluding steroid dienone is 5. The Bertz CT molecular complexity index is 947. The largest absolute Gasteiger partial charge is 0.0763 e. The molecule has 4 rings (SSSR count). The van der Waals surface area contributed by atoms with Gasteiger partial charge in [-0.05, 0) is 62.5 Å². The van der Waals surface area contributed by atoms with Crippen LogP contribution in [-0.4, -0.2) is 14.3 Å². The molecular weight excluding hydrogens is 328 g/mol. The van der Waals surface area contributed by atoms with E-state index in [4.69, 9.17) is 0 Å². The third-order valence-corrected chi connectivity index (χ3v) is 6.67. The van der Waals surface area contributed by atoms with E-state index in [1.165, 1.54) is 33.4 Å². The third kappa shape index (κ3) is 3.36. The number of fused-ring (bicyclic) bond motifs is 1. The van der Waals surface area contributed by atoms with Gasteiger partial charge in [-0.25, -0.2) is 0 Å². The smallest absolute Gasteiger partial charge is 0.0359 e. The number of hydrogen-bond donors (Lipinski definition) is 0. The van der Waals surface area contributed by atoms with Crippen molar-refractivity contribution in [2.75, 3.05) is 0 Å². The minimum atomic E-state index is 0.222. The molecule has 26 heavy (non-hydrogen) atoms. The molecule has 0 nitrogen and oxygen atoms in total. The van der Waals surface area contributed by atoms with Crippen molar-refractivity contribution in [1.82, 2.24) is 0 Å². The molecule has 0 unspecified atom stereocenters. The highest BCUT2D eigenvalue weighted by Crippen LogP contribution is 2.38. The topological polar surface area (TPSA) is 0 Å². The number of benzene rings is 2. The molecule has 0 saturated carbocycles. The summed E-state index contributed by atoms with van der Waals surface area (Å²) in [4.78, 5) is 0. The molecule has 0 aromatic heterocycles. The molecule has 0 atom stereocenters. The van der Waals surface area contributed by atoms with Crippen molar-refractivity contribution >= 4 is 20.4 Å². The van der Waals surface area contributed by atoms with Gasteiger partial charge in [0, 0.05) is 9.13 Å². The lowest BCUT2D eigenvalue weighted by Crippen LogP contribution is -2.10. The SMILES string of the molecule is CC(C)(C)C1=CCC(C2=Cc3ccccc3C2=[Si]Cc2ccccc2)=C1. The lowest BCUT2D eigenvalue weighted by atomic mass is 9.87. The average molecular weight is 354 g/mol. The molecule has 1 heteroatoms. The summed E-state index contributed by atoms with van der Waals surface area (Å²) in [6.07, 6.45) is 8.32. The first kappa shape index (κ1) is 17.2. The molecule has 129 valence electrons. The molecule has 2 aliphatic carbocycles. The van der Waals surface area contributed by atoms with Crippen LogP contribution in [0.2, 0.25) is 0 Å². The molecule has 0 heterocycles. The Hall–Kier alpha value is -2.25. The first-order valence-corrected chi connectivity index (χ1v) is 10.6. The molecule has 0 fully saturated rings. The van der Waals surface area contributed by atoms with E-state index >= 15 is 0 Å². The summed E-state index contributed by atoms with van der Waals surface area (Å²) in [5, 5.41) is 1.54. The Morgan fingerprint density at radius 2 is 1.62 bits per heavy atom. The highest BCUT2D eigenvalue weighted by atomic mass is 28.2. The fraction of sp³-hybridized carbons (Fsp3) is 0.240. The van der Waals surface area contributed by atoms with Gasteiger partial charge in [-0.1, -0.05) is 87.5 Å². The van der Waals surface area contributed by atoms with Crippen molar-refractivity contribution in [3.63, 3.8) is 0 Å². The Morgan fingerprint density at radius 1 is 0.885 bits per heavy atom. The highest BCUT2D eigenvalue weighted by molar-refractivity contribution is 6.64. The van der Waals surface area contributed by atoms with Crippen molar-refractivity contribution in [2.45, 2.75) is 33.2 Å². The molecule has 0 aliphatic heterocycles. The minimum absolute atomic E-state index is 0.222. The Morgan fingerprint density at radius 3 is 2.35 bits per heavy atom. The number of hydrogen-bond acceptors (Lipinski definition) is 0. The van der Waals surface area contributed by atoms with Crippen LogP contribution in [0, 0.1) is 5.41 Å². The van der Waals surface area contributed by atoms with Gasteiger partial charge in [-0.15, -0.1) is 0 Å². The van der Waals surface area contributed by atoms with Gasteiger partial charge >= 0.3 is 0 Å². The van der Waals surface area contributed by atoms with Crippen molar-refractivity contribution in [3.05, 3.63) is 100 Å². The molecule has 1 radical (unpaired) electrons. The Labute approximate surface area is 159 Å². The second-order valence-corrected chi connectivity index (χ2v) is 9.35. The third-order valence-electron chi connectivity index (χ3n) is 5.20. The zero-order chi connectivity index (χ0) is 18.1. The van der Waals surface area contributed by atoms with Crippen LogP contribution in [0.1, 0.15) is 43.9 Å². The molecule has 2 aromatic carbocycles. The minimum Gasteiger partial charge on any atom is -0.0763 e. The van der Waals surface area contributed by atoms with E-state index in [1.54, 1.807) is 5.17 Å². The molecule has 0 N–H and O–H groups in total. The molecule has 0 bridgehead atoms. The van der Waals surface area contributed by atoms with Crippen LogP contribution in [0.3, 0.4) is 0 Å². The van der Waals surface area contributed by atoms with Gasteiger partial charge in [0.15, 0.2) is 0 Å². The summed E-state index contributed by atoms with van der Waals surface area (Å²) < 4.78 is 0. The Balaban J connectivity index is 1.70. The second kappa shape index (κ2) is 6.81. The predicted molar refractivity (Wildman–Crippen MR) is 115 cm³/mol. The van der Waals surface area contributed by atoms with Crippen LogP contribution in [0.25, 0.3) is 6.08 Å². The summed E-state index contributed by atoms with van der Waals surface area (Å²) in [6, 6.07) is 20.8. The van der Waals surface area contributed by atoms with Crippen LogP contribution < -0.4 is 0 Å². The van der Waals surface area contributed by atoms with Crippen LogP contribution in [0.15, 0.2) is 83.5 Å². The maximum atomic E-state index is 2.44. The normalized spacial score (nSPS) is 17.8. The quantitative estimate of drug-likeness (QED) is 0.611. The summed E-state index contributed by atoms with van der Waals surface area (Å²) in [5.41, 5.74) is 8.88. The maximum Gasteiger partial charge on any atom is 0.0359 e. The Kier molecular flexibility index (Phi) is 4.50. The summed E-state index contributed by atoms with van der Waals surface area (Å²) in [6.45, 7) is 6.91. The highest BCUT2D eigenvalue weighted by Gasteiger charge is 2.25. The summed E-state index contributed by atoms with van der Waals surface area (Å²) >= 11 is 0. The van der Waals surface area contributed by atoms with Gasteiger partial charge < -0.3 is 0 Å². The van der Waals surface area contributed by atoms with Crippen LogP contribution in [0.5, 0.6) is 0 Å². The lowest BCUT2D eigenvalue weighted by Gasteiger charge is -2.18. The van der Waals surface area contributed by atoms with E-state index in [-0.39, 0.29) is 5.41 Å². The van der Waals surface area contributed by atoms with E-state index in [9.17, 15) is 0 Å². The van der Waals surface area contributed by atoms with E-state index in [2.05, 4.69) is 93.6 Å². The van der Waals surface area contributed by atoms with Gasteiger partial charge in [-0.2, -0.15) is 0 Å². The average Bonchev–Trinajstić information content (AvgIpc) is 3.25. The fourth-order valence-electron chi connectivity index (χ4n) is 3.69. The molecule has 2 aromatic rings. The molecule has 0 saturated heterocycles. The van der Waals surface area contributed by atoms with Crippen LogP contribution >= 0.6 is 0 Å². The van der Waals surface area contributed by atoms with Crippen molar-refractivity contribution in [3.8, 4) is 0 Å². The van der Waals surface area contributed by atoms with E-state index in [1.807, 2.05) is 0 Å². The van der Waals surface area contributed by atoms with Gasteiger partial charge in [-0.3, -0.25) is 0 Å². The van der Waals surface area contributed by atoms with E-state index in [0.717, 1.165) is 21.6 Å². The standard InChI is InChI=1S/C25H25Si/c1-25(2,3)21-14-13-20(15-21)23-16-19-11-7-8-12-22(19)24(23)26-17-18-9-5-4-6-10-18/h4-12,14-16H,13,17H2,1-3H3. The monoisotopic (exact) mass is 353 g/mol. The van der Waals surface area contributed by atoms with Crippen LogP contribution in [0.4, 0.5) is 0 Å². The summed E-state index contributed by atoms with van der Waals surface area (Å²) in [7, 11) is 0.800. The van der Waals surface area contributed by atoms with Crippen molar-refractivity contribution < 1.29 is 0 Å². The summed E-state index contributed by atoms with van der Waals surface area (Å²) in [5.74, 6) is 0. The van der Waals surface area contributed by atoms with E-state index in [0.29, 0.717) is 0 Å². The van der Waals surface area contributed by atoms with Crippen molar-refractivity contribution in [1.29, 1.82) is 0 Å². The zero-order valence-corrected chi connectivity index (χ0v) is 16.8. The van der Waals surface area contributed by atoms with Gasteiger partial charge in [0.25, 0.3) is 0 Å². The molecule has 0 amide bonds. The maximum absolute atomic E-state index is 2.44. The van der Waals surface area contributed by atoms with Gasteiger partial charge in [0.1, 0.15) is 0 Å². The molecule has 2 aliphatic rings. The zero-order valence-electron chi connectivity index (χ0n) is 15.8. The van der Waals surface area contributed by atoms with Crippen LogP contribution in [-0.2, 0) is 6.04 Å². The fourth-order valence-corrected chi connectivity index (χ4v) is 5.15. The molecule has 0 spiro atoms. The van der Waals surface area contributed by atoms with Gasteiger partial charge in [0.2, 0.25) is 0 Å². The predicted octanol–water partition coefficient (Wildman–Crippen LogP) is 5.81. The van der Waals surface area contributed by atoms with E-state index < -0.39 is 0 Å². The first-order valence-electron chi connectivity index (χ1n) is 9.40. The van der Waals surface area contributed by atoms with Crippen molar-refractivity contribution in [2.24, 2.45) is 5.41 Å². The lowest BCUT2D eigenvalue weighted by molar-refractivity contribution is 0.518. The molecular formula is C25H25Si. The first-order chi connectivity index (χ1) is 12.5. The second-order valence-electron chi connectivity index (χ2n) is 8.14. The van der Waals surface area contributed by atoms with Gasteiger partial charge in [0.05, 0.1) is 0 Å².